The molecular weight excluding hydrogens is 362 g/mol. The van der Waals surface area contributed by atoms with Crippen LogP contribution in [0, 0.1) is 0 Å². The summed E-state index contributed by atoms with van der Waals surface area (Å²) in [7, 11) is 0. The summed E-state index contributed by atoms with van der Waals surface area (Å²) in [4.78, 5) is 10.4. The lowest BCUT2D eigenvalue weighted by Gasteiger charge is -2.15. The lowest BCUT2D eigenvalue weighted by atomic mass is 10.0. The number of rotatable bonds is 24. The lowest BCUT2D eigenvalue weighted by molar-refractivity contribution is -0.135. The number of hydrogen-bond donors (Lipinski definition) is 4. The molecule has 0 aromatic carbocycles. The van der Waals surface area contributed by atoms with E-state index in [-0.39, 0.29) is 12.7 Å². The molecule has 1 atom stereocenters. The van der Waals surface area contributed by atoms with E-state index in [2.05, 4.69) is 29.8 Å². The van der Waals surface area contributed by atoms with E-state index in [4.69, 9.17) is 5.11 Å². The normalized spacial score (nSPS) is 12.3. The van der Waals surface area contributed by atoms with Crippen molar-refractivity contribution in [1.82, 2.24) is 16.0 Å². The molecule has 0 saturated heterocycles. The Morgan fingerprint density at radius 3 is 1.52 bits per heavy atom. The quantitative estimate of drug-likeness (QED) is 0.125. The number of carbonyl (C=O) groups is 1. The van der Waals surface area contributed by atoms with E-state index in [1.54, 1.807) is 0 Å². The van der Waals surface area contributed by atoms with E-state index >= 15 is 0 Å². The highest BCUT2D eigenvalue weighted by Crippen LogP contribution is 2.13. The molecule has 0 bridgehead atoms. The Balaban J connectivity index is 3.11. The van der Waals surface area contributed by atoms with Gasteiger partial charge in [0.25, 0.3) is 0 Å². The smallest absolute Gasteiger partial charge is 0.317 e. The molecule has 4 N–H and O–H groups in total. The monoisotopic (exact) mass is 413 g/mol. The Morgan fingerprint density at radius 2 is 1.07 bits per heavy atom. The van der Waals surface area contributed by atoms with Crippen LogP contribution in [0.3, 0.4) is 0 Å². The molecule has 174 valence electrons. The summed E-state index contributed by atoms with van der Waals surface area (Å²) in [5, 5.41) is 18.2. The van der Waals surface area contributed by atoms with Gasteiger partial charge in [-0.3, -0.25) is 4.79 Å². The van der Waals surface area contributed by atoms with Crippen LogP contribution in [0.25, 0.3) is 0 Å². The minimum Gasteiger partial charge on any atom is -0.480 e. The summed E-state index contributed by atoms with van der Waals surface area (Å²) >= 11 is 0. The van der Waals surface area contributed by atoms with Crippen LogP contribution in [0.5, 0.6) is 0 Å². The zero-order valence-corrected chi connectivity index (χ0v) is 19.6. The third kappa shape index (κ3) is 25.3. The highest BCUT2D eigenvalue weighted by Gasteiger charge is 2.00. The van der Waals surface area contributed by atoms with Gasteiger partial charge >= 0.3 is 5.97 Å². The minimum absolute atomic E-state index is 0.0304. The van der Waals surface area contributed by atoms with Crippen molar-refractivity contribution in [1.29, 1.82) is 0 Å². The fourth-order valence-electron chi connectivity index (χ4n) is 3.64. The Labute approximate surface area is 181 Å². The number of carboxylic acid groups (broad SMARTS) is 1. The molecule has 0 amide bonds. The van der Waals surface area contributed by atoms with Crippen LogP contribution < -0.4 is 16.0 Å². The molecule has 0 saturated carbocycles. The molecule has 0 aromatic heterocycles. The number of unbranched alkanes of at least 4 members (excludes halogenated alkanes) is 15. The van der Waals surface area contributed by atoms with E-state index in [0.29, 0.717) is 6.54 Å². The second-order valence-corrected chi connectivity index (χ2v) is 8.50. The SMILES string of the molecule is CCCCCCCCCCCCCCCCCCNC(C)NCCNCC(=O)O. The Bertz CT molecular complexity index is 340. The first kappa shape index (κ1) is 28.4. The predicted molar refractivity (Wildman–Crippen MR) is 126 cm³/mol. The minimum atomic E-state index is -0.806. The van der Waals surface area contributed by atoms with Gasteiger partial charge in [0.1, 0.15) is 0 Å². The number of hydrogen-bond acceptors (Lipinski definition) is 4. The number of carboxylic acids is 1. The second-order valence-electron chi connectivity index (χ2n) is 8.50. The molecule has 0 fully saturated rings. The van der Waals surface area contributed by atoms with Crippen LogP contribution in [0.4, 0.5) is 0 Å². The summed E-state index contributed by atoms with van der Waals surface area (Å²) < 4.78 is 0. The molecule has 0 radical (unpaired) electrons. The lowest BCUT2D eigenvalue weighted by Crippen LogP contribution is -2.43. The van der Waals surface area contributed by atoms with E-state index in [9.17, 15) is 4.79 Å². The van der Waals surface area contributed by atoms with Crippen molar-refractivity contribution in [3.63, 3.8) is 0 Å². The van der Waals surface area contributed by atoms with Gasteiger partial charge in [-0.2, -0.15) is 0 Å². The molecule has 5 nitrogen and oxygen atoms in total. The van der Waals surface area contributed by atoms with E-state index < -0.39 is 5.97 Å². The molecular formula is C24H51N3O2. The fourth-order valence-corrected chi connectivity index (χ4v) is 3.64. The van der Waals surface area contributed by atoms with Gasteiger partial charge in [-0.25, -0.2) is 0 Å². The van der Waals surface area contributed by atoms with Crippen LogP contribution in [0.2, 0.25) is 0 Å². The zero-order chi connectivity index (χ0) is 21.4. The molecule has 29 heavy (non-hydrogen) atoms. The van der Waals surface area contributed by atoms with E-state index in [1.807, 2.05) is 0 Å². The first-order valence-corrected chi connectivity index (χ1v) is 12.6. The first-order valence-electron chi connectivity index (χ1n) is 12.6. The van der Waals surface area contributed by atoms with Crippen molar-refractivity contribution >= 4 is 5.97 Å². The summed E-state index contributed by atoms with van der Waals surface area (Å²) in [6.45, 7) is 6.94. The van der Waals surface area contributed by atoms with Crippen LogP contribution in [-0.2, 0) is 4.79 Å². The summed E-state index contributed by atoms with van der Waals surface area (Å²) in [5.74, 6) is -0.806. The highest BCUT2D eigenvalue weighted by molar-refractivity contribution is 5.68. The standard InChI is InChI=1S/C24H51N3O2/c1-3-4-5-6-7-8-9-10-11-12-13-14-15-16-17-18-19-26-23(2)27-21-20-25-22-24(28)29/h23,25-27H,3-22H2,1-2H3,(H,28,29). The van der Waals surface area contributed by atoms with Crippen LogP contribution >= 0.6 is 0 Å². The van der Waals surface area contributed by atoms with Crippen molar-refractivity contribution in [2.75, 3.05) is 26.2 Å². The highest BCUT2D eigenvalue weighted by atomic mass is 16.4. The largest absolute Gasteiger partial charge is 0.480 e. The second kappa shape index (κ2) is 23.6. The third-order valence-electron chi connectivity index (χ3n) is 5.51. The molecule has 0 rings (SSSR count). The maximum atomic E-state index is 10.4. The van der Waals surface area contributed by atoms with Crippen molar-refractivity contribution in [2.45, 2.75) is 123 Å². The summed E-state index contributed by atoms with van der Waals surface area (Å²) in [5.41, 5.74) is 0. The Hall–Kier alpha value is -0.650. The molecule has 0 aliphatic carbocycles. The van der Waals surface area contributed by atoms with Crippen molar-refractivity contribution in [2.24, 2.45) is 0 Å². The molecule has 0 heterocycles. The van der Waals surface area contributed by atoms with Gasteiger partial charge in [0.05, 0.1) is 12.7 Å². The average molecular weight is 414 g/mol. The van der Waals surface area contributed by atoms with Gasteiger partial charge in [-0.1, -0.05) is 103 Å². The van der Waals surface area contributed by atoms with Gasteiger partial charge < -0.3 is 21.1 Å². The van der Waals surface area contributed by atoms with Crippen molar-refractivity contribution < 1.29 is 9.90 Å². The summed E-state index contributed by atoms with van der Waals surface area (Å²) in [6, 6.07) is 0. The topological polar surface area (TPSA) is 73.4 Å². The van der Waals surface area contributed by atoms with Crippen LogP contribution in [-0.4, -0.2) is 43.4 Å². The number of aliphatic carboxylic acids is 1. The van der Waals surface area contributed by atoms with Gasteiger partial charge in [0.15, 0.2) is 0 Å². The first-order chi connectivity index (χ1) is 14.2. The maximum absolute atomic E-state index is 10.4. The van der Waals surface area contributed by atoms with Gasteiger partial charge in [0, 0.05) is 13.1 Å². The van der Waals surface area contributed by atoms with Gasteiger partial charge in [-0.05, 0) is 19.9 Å². The van der Waals surface area contributed by atoms with Crippen LogP contribution in [0.1, 0.15) is 117 Å². The molecule has 1 unspecified atom stereocenters. The molecule has 0 spiro atoms. The van der Waals surface area contributed by atoms with Gasteiger partial charge in [0.2, 0.25) is 0 Å². The number of nitrogens with one attached hydrogen (secondary N) is 3. The molecule has 0 aliphatic rings. The average Bonchev–Trinajstić information content (AvgIpc) is 2.69. The third-order valence-corrected chi connectivity index (χ3v) is 5.51. The molecule has 0 aromatic rings. The van der Waals surface area contributed by atoms with Crippen molar-refractivity contribution in [3.8, 4) is 0 Å². The summed E-state index contributed by atoms with van der Waals surface area (Å²) in [6.07, 6.45) is 22.7. The molecule has 0 aliphatic heterocycles. The predicted octanol–water partition coefficient (Wildman–Crippen LogP) is 5.45. The Kier molecular flexibility index (Phi) is 23.1. The zero-order valence-electron chi connectivity index (χ0n) is 19.6. The van der Waals surface area contributed by atoms with Crippen LogP contribution in [0.15, 0.2) is 0 Å². The van der Waals surface area contributed by atoms with Crippen molar-refractivity contribution in [3.05, 3.63) is 0 Å². The fraction of sp³-hybridized carbons (Fsp3) is 0.958. The van der Waals surface area contributed by atoms with Gasteiger partial charge in [-0.15, -0.1) is 0 Å². The maximum Gasteiger partial charge on any atom is 0.317 e. The molecule has 5 heteroatoms. The van der Waals surface area contributed by atoms with E-state index in [1.165, 1.54) is 103 Å². The van der Waals surface area contributed by atoms with E-state index in [0.717, 1.165) is 13.1 Å². The Morgan fingerprint density at radius 1 is 0.655 bits per heavy atom.